The fourth-order valence-corrected chi connectivity index (χ4v) is 4.57. The molecule has 176 valence electrons. The second-order valence-electron chi connectivity index (χ2n) is 8.25. The number of para-hydroxylation sites is 3. The summed E-state index contributed by atoms with van der Waals surface area (Å²) < 4.78 is 13.2. The van der Waals surface area contributed by atoms with Crippen molar-refractivity contribution in [2.24, 2.45) is 0 Å². The van der Waals surface area contributed by atoms with Crippen LogP contribution in [-0.4, -0.2) is 70.1 Å². The van der Waals surface area contributed by atoms with Crippen LogP contribution in [0.3, 0.4) is 0 Å². The molecule has 2 aromatic carbocycles. The number of aromatic nitrogens is 2. The molecule has 2 aliphatic rings. The third-order valence-electron chi connectivity index (χ3n) is 6.17. The molecule has 0 spiro atoms. The molecule has 1 saturated heterocycles. The Morgan fingerprint density at radius 3 is 2.44 bits per heavy atom. The number of piperazine rings is 1. The molecule has 1 atom stereocenters. The first kappa shape index (κ1) is 22.1. The lowest BCUT2D eigenvalue weighted by Gasteiger charge is -2.37. The molecule has 34 heavy (non-hydrogen) atoms. The minimum Gasteiger partial charge on any atom is -0.485 e. The van der Waals surface area contributed by atoms with Crippen LogP contribution >= 0.6 is 12.2 Å². The van der Waals surface area contributed by atoms with Crippen molar-refractivity contribution in [1.29, 1.82) is 0 Å². The zero-order valence-electron chi connectivity index (χ0n) is 18.4. The standard InChI is InChI=1S/C24H24N4O5S/c29-21(9-10-28-22(30)16-5-1-2-6-17(16)25-24(28)34)26-11-13-27(14-12-26)23(31)20-15-32-18-7-3-4-8-19(18)33-20/h1-8,20H,9-15H2,(H,25,34). The summed E-state index contributed by atoms with van der Waals surface area (Å²) in [5, 5.41) is 0.534. The highest BCUT2D eigenvalue weighted by Crippen LogP contribution is 2.31. The summed E-state index contributed by atoms with van der Waals surface area (Å²) in [6.07, 6.45) is -0.543. The molecule has 0 saturated carbocycles. The fourth-order valence-electron chi connectivity index (χ4n) is 4.29. The van der Waals surface area contributed by atoms with Gasteiger partial charge in [0.1, 0.15) is 6.61 Å². The first-order chi connectivity index (χ1) is 16.5. The molecular weight excluding hydrogens is 456 g/mol. The van der Waals surface area contributed by atoms with Gasteiger partial charge in [0.05, 0.1) is 10.9 Å². The molecule has 3 heterocycles. The van der Waals surface area contributed by atoms with Crippen molar-refractivity contribution in [3.8, 4) is 11.5 Å². The van der Waals surface area contributed by atoms with E-state index in [1.54, 1.807) is 40.1 Å². The highest BCUT2D eigenvalue weighted by atomic mass is 32.1. The molecule has 1 fully saturated rings. The van der Waals surface area contributed by atoms with Crippen molar-refractivity contribution in [3.63, 3.8) is 0 Å². The molecule has 0 bridgehead atoms. The van der Waals surface area contributed by atoms with Crippen molar-refractivity contribution in [2.45, 2.75) is 19.1 Å². The topological polar surface area (TPSA) is 96.9 Å². The van der Waals surface area contributed by atoms with E-state index < -0.39 is 6.10 Å². The Bertz CT molecular complexity index is 1360. The van der Waals surface area contributed by atoms with Gasteiger partial charge in [0.25, 0.3) is 11.5 Å². The van der Waals surface area contributed by atoms with E-state index in [4.69, 9.17) is 21.7 Å². The molecule has 9 nitrogen and oxygen atoms in total. The minimum absolute atomic E-state index is 0.0762. The maximum absolute atomic E-state index is 12.9. The summed E-state index contributed by atoms with van der Waals surface area (Å²) in [5.41, 5.74) is 0.468. The lowest BCUT2D eigenvalue weighted by molar-refractivity contribution is -0.146. The maximum atomic E-state index is 12.9. The molecule has 2 aliphatic heterocycles. The number of H-pyrrole nitrogens is 1. The second kappa shape index (κ2) is 9.30. The number of fused-ring (bicyclic) bond motifs is 2. The van der Waals surface area contributed by atoms with Gasteiger partial charge < -0.3 is 24.3 Å². The number of ether oxygens (including phenoxy) is 2. The van der Waals surface area contributed by atoms with Gasteiger partial charge in [0, 0.05) is 39.1 Å². The summed E-state index contributed by atoms with van der Waals surface area (Å²) >= 11 is 5.32. The Morgan fingerprint density at radius 1 is 0.971 bits per heavy atom. The van der Waals surface area contributed by atoms with Gasteiger partial charge in [0.2, 0.25) is 12.0 Å². The Hall–Kier alpha value is -3.66. The van der Waals surface area contributed by atoms with E-state index >= 15 is 0 Å². The predicted octanol–water partition coefficient (Wildman–Crippen LogP) is 1.96. The summed E-state index contributed by atoms with van der Waals surface area (Å²) in [6, 6.07) is 14.4. The molecule has 2 amide bonds. The van der Waals surface area contributed by atoms with Crippen molar-refractivity contribution in [1.82, 2.24) is 19.4 Å². The number of carbonyl (C=O) groups is 2. The molecule has 5 rings (SSSR count). The van der Waals surface area contributed by atoms with E-state index in [-0.39, 0.29) is 36.9 Å². The minimum atomic E-state index is -0.696. The second-order valence-corrected chi connectivity index (χ2v) is 8.64. The van der Waals surface area contributed by atoms with Gasteiger partial charge in [-0.05, 0) is 36.5 Å². The average molecular weight is 481 g/mol. The van der Waals surface area contributed by atoms with Crippen LogP contribution < -0.4 is 15.0 Å². The SMILES string of the molecule is O=C(CCn1c(=S)[nH]c2ccccc2c1=O)N1CCN(C(=O)C2COc3ccccc3O2)CC1. The van der Waals surface area contributed by atoms with Crippen LogP contribution in [0.4, 0.5) is 0 Å². The number of nitrogens with zero attached hydrogens (tertiary/aromatic N) is 3. The van der Waals surface area contributed by atoms with E-state index in [2.05, 4.69) is 4.98 Å². The van der Waals surface area contributed by atoms with Crippen molar-refractivity contribution >= 4 is 34.9 Å². The predicted molar refractivity (Wildman–Crippen MR) is 128 cm³/mol. The monoisotopic (exact) mass is 480 g/mol. The third kappa shape index (κ3) is 4.28. The zero-order valence-corrected chi connectivity index (χ0v) is 19.3. The quantitative estimate of drug-likeness (QED) is 0.574. The smallest absolute Gasteiger partial charge is 0.267 e. The molecule has 0 aliphatic carbocycles. The summed E-state index contributed by atoms with van der Waals surface area (Å²) in [4.78, 5) is 44.9. The number of rotatable bonds is 4. The van der Waals surface area contributed by atoms with E-state index in [0.29, 0.717) is 53.4 Å². The first-order valence-electron chi connectivity index (χ1n) is 11.2. The van der Waals surface area contributed by atoms with Gasteiger partial charge >= 0.3 is 0 Å². The number of amides is 2. The Balaban J connectivity index is 1.16. The molecule has 1 aromatic heterocycles. The van der Waals surface area contributed by atoms with Crippen LogP contribution in [0.1, 0.15) is 6.42 Å². The lowest BCUT2D eigenvalue weighted by atomic mass is 10.2. The molecule has 3 aromatic rings. The van der Waals surface area contributed by atoms with Gasteiger partial charge in [-0.25, -0.2) is 0 Å². The average Bonchev–Trinajstić information content (AvgIpc) is 2.88. The third-order valence-corrected chi connectivity index (χ3v) is 6.49. The van der Waals surface area contributed by atoms with Gasteiger partial charge in [-0.3, -0.25) is 19.0 Å². The highest BCUT2D eigenvalue weighted by molar-refractivity contribution is 7.71. The Kier molecular flexibility index (Phi) is 6.06. The number of hydrogen-bond donors (Lipinski definition) is 1. The molecule has 1 N–H and O–H groups in total. The summed E-state index contributed by atoms with van der Waals surface area (Å²) in [6.45, 7) is 2.05. The number of carbonyl (C=O) groups excluding carboxylic acids is 2. The Morgan fingerprint density at radius 2 is 1.65 bits per heavy atom. The van der Waals surface area contributed by atoms with Crippen LogP contribution in [0.15, 0.2) is 53.3 Å². The summed E-state index contributed by atoms with van der Waals surface area (Å²) in [5.74, 6) is 0.971. The van der Waals surface area contributed by atoms with Crippen LogP contribution in [0.25, 0.3) is 10.9 Å². The number of hydrogen-bond acceptors (Lipinski definition) is 6. The van der Waals surface area contributed by atoms with Gasteiger partial charge in [-0.15, -0.1) is 0 Å². The van der Waals surface area contributed by atoms with Gasteiger partial charge in [-0.2, -0.15) is 0 Å². The first-order valence-corrected chi connectivity index (χ1v) is 11.6. The number of nitrogens with one attached hydrogen (secondary N) is 1. The van der Waals surface area contributed by atoms with Crippen molar-refractivity contribution in [2.75, 3.05) is 32.8 Å². The van der Waals surface area contributed by atoms with E-state index in [1.165, 1.54) is 4.57 Å². The van der Waals surface area contributed by atoms with Crippen molar-refractivity contribution in [3.05, 3.63) is 63.7 Å². The summed E-state index contributed by atoms with van der Waals surface area (Å²) in [7, 11) is 0. The van der Waals surface area contributed by atoms with Crippen LogP contribution in [0.2, 0.25) is 0 Å². The molecule has 0 radical (unpaired) electrons. The largest absolute Gasteiger partial charge is 0.485 e. The Labute approximate surface area is 200 Å². The number of benzene rings is 2. The zero-order chi connectivity index (χ0) is 23.7. The molecule has 10 heteroatoms. The van der Waals surface area contributed by atoms with E-state index in [9.17, 15) is 14.4 Å². The van der Waals surface area contributed by atoms with Gasteiger partial charge in [-0.1, -0.05) is 24.3 Å². The number of aromatic amines is 1. The van der Waals surface area contributed by atoms with E-state index in [1.807, 2.05) is 18.2 Å². The van der Waals surface area contributed by atoms with Crippen LogP contribution in [-0.2, 0) is 16.1 Å². The van der Waals surface area contributed by atoms with Crippen LogP contribution in [0, 0.1) is 4.77 Å². The van der Waals surface area contributed by atoms with Crippen molar-refractivity contribution < 1.29 is 19.1 Å². The highest BCUT2D eigenvalue weighted by Gasteiger charge is 2.33. The van der Waals surface area contributed by atoms with E-state index in [0.717, 1.165) is 0 Å². The lowest BCUT2D eigenvalue weighted by Crippen LogP contribution is -2.55. The maximum Gasteiger partial charge on any atom is 0.267 e. The van der Waals surface area contributed by atoms with Gasteiger partial charge in [0.15, 0.2) is 16.3 Å². The molecular formula is C24H24N4O5S. The normalized spacial score (nSPS) is 17.6. The fraction of sp³-hybridized carbons (Fsp3) is 0.333. The van der Waals surface area contributed by atoms with Crippen LogP contribution in [0.5, 0.6) is 11.5 Å². The molecule has 1 unspecified atom stereocenters.